The van der Waals surface area contributed by atoms with Crippen molar-refractivity contribution in [3.8, 4) is 5.75 Å². The van der Waals surface area contributed by atoms with Crippen LogP contribution in [0.5, 0.6) is 5.75 Å². The molecule has 4 nitrogen and oxygen atoms in total. The summed E-state index contributed by atoms with van der Waals surface area (Å²) in [7, 11) is 0. The molecule has 1 aliphatic rings. The summed E-state index contributed by atoms with van der Waals surface area (Å²) in [6.07, 6.45) is 1.16. The van der Waals surface area contributed by atoms with E-state index >= 15 is 0 Å². The summed E-state index contributed by atoms with van der Waals surface area (Å²) >= 11 is 1.73. The summed E-state index contributed by atoms with van der Waals surface area (Å²) in [4.78, 5) is 4.46. The molecule has 0 amide bonds. The molecule has 1 aliphatic heterocycles. The van der Waals surface area contributed by atoms with Crippen molar-refractivity contribution >= 4 is 17.0 Å². The number of aryl methyl sites for hydroxylation is 1. The number of para-hydroxylation sites is 2. The Morgan fingerprint density at radius 2 is 2.35 bits per heavy atom. The van der Waals surface area contributed by atoms with Crippen molar-refractivity contribution in [2.24, 2.45) is 0 Å². The van der Waals surface area contributed by atoms with Gasteiger partial charge in [-0.1, -0.05) is 12.1 Å². The summed E-state index contributed by atoms with van der Waals surface area (Å²) in [5.74, 6) is 0.945. The van der Waals surface area contributed by atoms with E-state index in [1.165, 1.54) is 5.01 Å². The van der Waals surface area contributed by atoms with Crippen LogP contribution in [-0.2, 0) is 6.42 Å². The lowest BCUT2D eigenvalue weighted by atomic mass is 10.2. The Morgan fingerprint density at radius 3 is 3.20 bits per heavy atom. The molecule has 0 saturated carbocycles. The van der Waals surface area contributed by atoms with Gasteiger partial charge in [0.15, 0.2) is 0 Å². The van der Waals surface area contributed by atoms with E-state index in [9.17, 15) is 0 Å². The van der Waals surface area contributed by atoms with E-state index < -0.39 is 0 Å². The first-order valence-electron chi connectivity index (χ1n) is 6.92. The Balaban J connectivity index is 1.42. The maximum atomic E-state index is 5.95. The molecule has 0 fully saturated rings. The number of nitrogens with zero attached hydrogens (tertiary/aromatic N) is 1. The van der Waals surface area contributed by atoms with E-state index in [-0.39, 0.29) is 6.10 Å². The van der Waals surface area contributed by atoms with Crippen molar-refractivity contribution in [3.05, 3.63) is 40.3 Å². The first-order valence-corrected chi connectivity index (χ1v) is 7.80. The minimum atomic E-state index is 0.183. The van der Waals surface area contributed by atoms with Crippen LogP contribution in [-0.4, -0.2) is 30.7 Å². The molecule has 20 heavy (non-hydrogen) atoms. The Morgan fingerprint density at radius 1 is 1.45 bits per heavy atom. The molecule has 2 heterocycles. The minimum absolute atomic E-state index is 0.183. The fourth-order valence-corrected chi connectivity index (χ4v) is 3.03. The second-order valence-corrected chi connectivity index (χ2v) is 5.90. The Labute approximate surface area is 123 Å². The van der Waals surface area contributed by atoms with Crippen LogP contribution in [0.25, 0.3) is 0 Å². The number of nitrogens with one attached hydrogen (secondary N) is 2. The molecule has 1 aromatic carbocycles. The molecule has 0 spiro atoms. The molecular weight excluding hydrogens is 270 g/mol. The topological polar surface area (TPSA) is 46.2 Å². The van der Waals surface area contributed by atoms with Crippen LogP contribution in [0.1, 0.15) is 10.7 Å². The van der Waals surface area contributed by atoms with Gasteiger partial charge in [0.2, 0.25) is 0 Å². The smallest absolute Gasteiger partial charge is 0.142 e. The normalized spacial score (nSPS) is 17.1. The van der Waals surface area contributed by atoms with Crippen LogP contribution in [0.2, 0.25) is 0 Å². The third-order valence-corrected chi connectivity index (χ3v) is 4.28. The number of fused-ring (bicyclic) bond motifs is 1. The van der Waals surface area contributed by atoms with Gasteiger partial charge in [-0.15, -0.1) is 11.3 Å². The average Bonchev–Trinajstić information content (AvgIpc) is 2.89. The minimum Gasteiger partial charge on any atom is -0.485 e. The highest BCUT2D eigenvalue weighted by molar-refractivity contribution is 7.09. The zero-order chi connectivity index (χ0) is 13.8. The van der Waals surface area contributed by atoms with E-state index in [0.29, 0.717) is 0 Å². The molecule has 1 unspecified atom stereocenters. The van der Waals surface area contributed by atoms with E-state index in [2.05, 4.69) is 21.0 Å². The number of ether oxygens (including phenoxy) is 1. The highest BCUT2D eigenvalue weighted by Gasteiger charge is 2.17. The molecule has 2 aromatic rings. The van der Waals surface area contributed by atoms with Gasteiger partial charge in [-0.25, -0.2) is 4.98 Å². The number of thiazole rings is 1. The second-order valence-electron chi connectivity index (χ2n) is 4.95. The summed E-state index contributed by atoms with van der Waals surface area (Å²) in [6.45, 7) is 4.67. The van der Waals surface area contributed by atoms with Crippen molar-refractivity contribution in [2.75, 3.05) is 25.0 Å². The molecule has 0 aliphatic carbocycles. The third-order valence-electron chi connectivity index (χ3n) is 3.26. The lowest BCUT2D eigenvalue weighted by Gasteiger charge is -2.27. The van der Waals surface area contributed by atoms with Crippen LogP contribution in [0.15, 0.2) is 29.6 Å². The van der Waals surface area contributed by atoms with Gasteiger partial charge in [0, 0.05) is 30.6 Å². The van der Waals surface area contributed by atoms with Crippen LogP contribution in [0.4, 0.5) is 5.69 Å². The highest BCUT2D eigenvalue weighted by Crippen LogP contribution is 2.27. The zero-order valence-electron chi connectivity index (χ0n) is 11.6. The Kier molecular flexibility index (Phi) is 4.18. The van der Waals surface area contributed by atoms with E-state index in [1.807, 2.05) is 31.2 Å². The van der Waals surface area contributed by atoms with E-state index in [4.69, 9.17) is 4.74 Å². The van der Waals surface area contributed by atoms with Gasteiger partial charge < -0.3 is 15.4 Å². The quantitative estimate of drug-likeness (QED) is 0.830. The zero-order valence-corrected chi connectivity index (χ0v) is 12.4. The monoisotopic (exact) mass is 289 g/mol. The molecule has 0 radical (unpaired) electrons. The molecule has 0 bridgehead atoms. The summed E-state index contributed by atoms with van der Waals surface area (Å²) in [5, 5.41) is 10.1. The van der Waals surface area contributed by atoms with Crippen molar-refractivity contribution in [1.82, 2.24) is 10.3 Å². The molecule has 106 valence electrons. The van der Waals surface area contributed by atoms with Crippen LogP contribution in [0, 0.1) is 6.92 Å². The number of aromatic nitrogens is 1. The molecule has 0 saturated heterocycles. The van der Waals surface area contributed by atoms with Crippen LogP contribution < -0.4 is 15.4 Å². The van der Waals surface area contributed by atoms with Crippen molar-refractivity contribution < 1.29 is 4.74 Å². The number of rotatable bonds is 5. The Hall–Kier alpha value is -1.59. The molecule has 1 atom stereocenters. The first-order chi connectivity index (χ1) is 9.81. The van der Waals surface area contributed by atoms with Gasteiger partial charge in [0.1, 0.15) is 11.9 Å². The SMILES string of the molecule is Cc1csc(CCNCC2CNc3ccccc3O2)n1. The predicted octanol–water partition coefficient (Wildman–Crippen LogP) is 2.46. The number of anilines is 1. The predicted molar refractivity (Wildman–Crippen MR) is 82.8 cm³/mol. The fraction of sp³-hybridized carbons (Fsp3) is 0.400. The van der Waals surface area contributed by atoms with Gasteiger partial charge in [0.05, 0.1) is 17.2 Å². The van der Waals surface area contributed by atoms with E-state index in [0.717, 1.165) is 43.2 Å². The first kappa shape index (κ1) is 13.4. The van der Waals surface area contributed by atoms with Gasteiger partial charge in [-0.2, -0.15) is 0 Å². The van der Waals surface area contributed by atoms with Crippen molar-refractivity contribution in [2.45, 2.75) is 19.4 Å². The maximum Gasteiger partial charge on any atom is 0.142 e. The van der Waals surface area contributed by atoms with Crippen LogP contribution in [0.3, 0.4) is 0 Å². The lowest BCUT2D eigenvalue weighted by Crippen LogP contribution is -2.40. The summed E-state index contributed by atoms with van der Waals surface area (Å²) in [6, 6.07) is 8.07. The molecule has 1 aromatic heterocycles. The number of hydrogen-bond acceptors (Lipinski definition) is 5. The second kappa shape index (κ2) is 6.24. The third kappa shape index (κ3) is 3.29. The standard InChI is InChI=1S/C15H19N3OS/c1-11-10-20-15(18-11)6-7-16-8-12-9-17-13-4-2-3-5-14(13)19-12/h2-5,10,12,16-17H,6-9H2,1H3. The summed E-state index contributed by atoms with van der Waals surface area (Å²) in [5.41, 5.74) is 2.20. The maximum absolute atomic E-state index is 5.95. The molecular formula is C15H19N3OS. The number of hydrogen-bond donors (Lipinski definition) is 2. The average molecular weight is 289 g/mol. The van der Waals surface area contributed by atoms with Gasteiger partial charge in [-0.05, 0) is 19.1 Å². The largest absolute Gasteiger partial charge is 0.485 e. The molecule has 2 N–H and O–H groups in total. The summed E-state index contributed by atoms with van der Waals surface area (Å²) < 4.78 is 5.95. The number of benzene rings is 1. The van der Waals surface area contributed by atoms with Gasteiger partial charge >= 0.3 is 0 Å². The molecule has 3 rings (SSSR count). The van der Waals surface area contributed by atoms with E-state index in [1.54, 1.807) is 11.3 Å². The molecule has 5 heteroatoms. The van der Waals surface area contributed by atoms with Crippen molar-refractivity contribution in [1.29, 1.82) is 0 Å². The Bertz CT molecular complexity index is 570. The van der Waals surface area contributed by atoms with Gasteiger partial charge in [-0.3, -0.25) is 0 Å². The van der Waals surface area contributed by atoms with Crippen LogP contribution >= 0.6 is 11.3 Å². The highest BCUT2D eigenvalue weighted by atomic mass is 32.1. The van der Waals surface area contributed by atoms with Gasteiger partial charge in [0.25, 0.3) is 0 Å². The fourth-order valence-electron chi connectivity index (χ4n) is 2.25. The van der Waals surface area contributed by atoms with Crippen molar-refractivity contribution in [3.63, 3.8) is 0 Å². The lowest BCUT2D eigenvalue weighted by molar-refractivity contribution is 0.202.